The van der Waals surface area contributed by atoms with Gasteiger partial charge in [-0.3, -0.25) is 10.1 Å². The second-order valence-corrected chi connectivity index (χ2v) is 3.85. The summed E-state index contributed by atoms with van der Waals surface area (Å²) in [5.74, 6) is 0. The van der Waals surface area contributed by atoms with Gasteiger partial charge in [-0.1, -0.05) is 6.07 Å². The first-order valence-electron chi connectivity index (χ1n) is 4.97. The Kier molecular flexibility index (Phi) is 3.83. The maximum Gasteiger partial charge on any atom is 0.269 e. The van der Waals surface area contributed by atoms with Crippen LogP contribution in [0, 0.1) is 23.6 Å². The molecule has 88 valence electrons. The third-order valence-corrected chi connectivity index (χ3v) is 2.20. The van der Waals surface area contributed by atoms with E-state index in [0.717, 1.165) is 11.1 Å². The van der Waals surface area contributed by atoms with Gasteiger partial charge >= 0.3 is 0 Å². The molecular weight excluding hydrogens is 218 g/mol. The average Bonchev–Trinajstić information content (AvgIpc) is 2.25. The van der Waals surface area contributed by atoms with Crippen LogP contribution in [0.3, 0.4) is 0 Å². The first-order valence-corrected chi connectivity index (χ1v) is 4.97. The Morgan fingerprint density at radius 2 is 2.18 bits per heavy atom. The van der Waals surface area contributed by atoms with Gasteiger partial charge in [-0.25, -0.2) is 4.85 Å². The highest BCUT2D eigenvalue weighted by Crippen LogP contribution is 2.24. The Bertz CT molecular complexity index is 513. The summed E-state index contributed by atoms with van der Waals surface area (Å²) in [5, 5.41) is 10.6. The molecule has 0 aromatic heterocycles. The van der Waals surface area contributed by atoms with Crippen molar-refractivity contribution in [3.8, 4) is 0 Å². The van der Waals surface area contributed by atoms with Crippen LogP contribution in [0.15, 0.2) is 24.4 Å². The number of nitro groups is 1. The number of hydrogen-bond acceptors (Lipinski definition) is 3. The van der Waals surface area contributed by atoms with E-state index in [1.807, 2.05) is 14.1 Å². The summed E-state index contributed by atoms with van der Waals surface area (Å²) < 4.78 is 0. The second-order valence-electron chi connectivity index (χ2n) is 3.85. The molecule has 5 heteroatoms. The number of hydrogen-bond donors (Lipinski definition) is 0. The van der Waals surface area contributed by atoms with Crippen LogP contribution in [0.2, 0.25) is 0 Å². The van der Waals surface area contributed by atoms with Gasteiger partial charge in [0, 0.05) is 32.4 Å². The number of non-ortho nitro benzene ring substituents is 1. The van der Waals surface area contributed by atoms with E-state index in [4.69, 9.17) is 6.57 Å². The van der Waals surface area contributed by atoms with Gasteiger partial charge in [0.25, 0.3) is 5.69 Å². The molecule has 0 N–H and O–H groups in total. The number of benzene rings is 1. The van der Waals surface area contributed by atoms with E-state index in [2.05, 4.69) is 4.85 Å². The third kappa shape index (κ3) is 3.05. The zero-order valence-electron chi connectivity index (χ0n) is 9.97. The average molecular weight is 231 g/mol. The molecule has 0 aliphatic heterocycles. The summed E-state index contributed by atoms with van der Waals surface area (Å²) in [5.41, 5.74) is 1.96. The molecule has 0 aliphatic rings. The molecular formula is C12H13N3O2. The molecule has 0 saturated heterocycles. The SMILES string of the molecule is [C-]#[N+]/C(=C\N(C)C)c1ccc([N+](=O)[O-])cc1C. The van der Waals surface area contributed by atoms with E-state index in [-0.39, 0.29) is 5.69 Å². The molecule has 0 unspecified atom stereocenters. The molecule has 0 fully saturated rings. The van der Waals surface area contributed by atoms with Gasteiger partial charge < -0.3 is 4.90 Å². The fraction of sp³-hybridized carbons (Fsp3) is 0.250. The van der Waals surface area contributed by atoms with Gasteiger partial charge in [0.15, 0.2) is 0 Å². The van der Waals surface area contributed by atoms with E-state index >= 15 is 0 Å². The van der Waals surface area contributed by atoms with Gasteiger partial charge in [-0.2, -0.15) is 0 Å². The highest BCUT2D eigenvalue weighted by Gasteiger charge is 2.11. The Morgan fingerprint density at radius 3 is 2.59 bits per heavy atom. The molecule has 0 spiro atoms. The van der Waals surface area contributed by atoms with Crippen LogP contribution < -0.4 is 0 Å². The van der Waals surface area contributed by atoms with Gasteiger partial charge in [0.05, 0.1) is 11.5 Å². The lowest BCUT2D eigenvalue weighted by molar-refractivity contribution is -0.384. The largest absolute Gasteiger partial charge is 0.393 e. The minimum absolute atomic E-state index is 0.0421. The molecule has 0 heterocycles. The first-order chi connectivity index (χ1) is 7.95. The Hall–Kier alpha value is -2.35. The monoisotopic (exact) mass is 231 g/mol. The molecule has 1 aromatic rings. The van der Waals surface area contributed by atoms with E-state index in [1.165, 1.54) is 12.1 Å². The zero-order chi connectivity index (χ0) is 13.0. The standard InChI is InChI=1S/C12H13N3O2/c1-9-7-10(15(16)17)5-6-11(9)12(13-2)8-14(3)4/h5-8H,1,3-4H3/b12-8-. The molecule has 0 amide bonds. The molecule has 5 nitrogen and oxygen atoms in total. The molecule has 0 atom stereocenters. The van der Waals surface area contributed by atoms with Gasteiger partial charge in [-0.05, 0) is 18.1 Å². The van der Waals surface area contributed by atoms with Crippen molar-refractivity contribution in [2.24, 2.45) is 0 Å². The van der Waals surface area contributed by atoms with Crippen LogP contribution in [0.4, 0.5) is 5.69 Å². The maximum atomic E-state index is 10.6. The normalized spacial score (nSPS) is 10.8. The number of aryl methyl sites for hydroxylation is 1. The van der Waals surface area contributed by atoms with Crippen molar-refractivity contribution < 1.29 is 4.92 Å². The fourth-order valence-electron chi connectivity index (χ4n) is 1.45. The molecule has 17 heavy (non-hydrogen) atoms. The number of nitro benzene ring substituents is 1. The van der Waals surface area contributed by atoms with Crippen molar-refractivity contribution in [1.29, 1.82) is 0 Å². The molecule has 0 radical (unpaired) electrons. The van der Waals surface area contributed by atoms with Crippen LogP contribution in [0.1, 0.15) is 11.1 Å². The van der Waals surface area contributed by atoms with Crippen LogP contribution in [-0.4, -0.2) is 23.9 Å². The lowest BCUT2D eigenvalue weighted by Crippen LogP contribution is -2.02. The summed E-state index contributed by atoms with van der Waals surface area (Å²) >= 11 is 0. The van der Waals surface area contributed by atoms with Crippen LogP contribution >= 0.6 is 0 Å². The molecule has 1 rings (SSSR count). The van der Waals surface area contributed by atoms with Crippen molar-refractivity contribution in [2.75, 3.05) is 14.1 Å². The fourth-order valence-corrected chi connectivity index (χ4v) is 1.45. The highest BCUT2D eigenvalue weighted by atomic mass is 16.6. The van der Waals surface area contributed by atoms with Crippen LogP contribution in [0.25, 0.3) is 10.5 Å². The van der Waals surface area contributed by atoms with Crippen molar-refractivity contribution in [2.45, 2.75) is 6.92 Å². The number of nitrogens with zero attached hydrogens (tertiary/aromatic N) is 3. The maximum absolute atomic E-state index is 10.6. The number of rotatable bonds is 3. The van der Waals surface area contributed by atoms with E-state index in [9.17, 15) is 10.1 Å². The molecule has 0 bridgehead atoms. The Labute approximate surface area is 99.9 Å². The van der Waals surface area contributed by atoms with Gasteiger partial charge in [-0.15, -0.1) is 0 Å². The molecule has 1 aromatic carbocycles. The lowest BCUT2D eigenvalue weighted by atomic mass is 10.1. The zero-order valence-corrected chi connectivity index (χ0v) is 9.97. The third-order valence-electron chi connectivity index (χ3n) is 2.20. The first kappa shape index (κ1) is 12.7. The summed E-state index contributed by atoms with van der Waals surface area (Å²) in [6.07, 6.45) is 1.70. The topological polar surface area (TPSA) is 50.7 Å². The lowest BCUT2D eigenvalue weighted by Gasteiger charge is -2.08. The Balaban J connectivity index is 3.25. The minimum atomic E-state index is -0.441. The van der Waals surface area contributed by atoms with Crippen molar-refractivity contribution in [1.82, 2.24) is 4.90 Å². The van der Waals surface area contributed by atoms with E-state index in [0.29, 0.717) is 5.70 Å². The predicted molar refractivity (Wildman–Crippen MR) is 66.1 cm³/mol. The second kappa shape index (κ2) is 5.12. The van der Waals surface area contributed by atoms with Gasteiger partial charge in [0.1, 0.15) is 0 Å². The smallest absolute Gasteiger partial charge is 0.269 e. The Morgan fingerprint density at radius 1 is 1.53 bits per heavy atom. The minimum Gasteiger partial charge on any atom is -0.393 e. The van der Waals surface area contributed by atoms with Crippen LogP contribution in [-0.2, 0) is 0 Å². The predicted octanol–water partition coefficient (Wildman–Crippen LogP) is 2.68. The van der Waals surface area contributed by atoms with Gasteiger partial charge in [0.2, 0.25) is 5.70 Å². The molecule has 0 saturated carbocycles. The quantitative estimate of drug-likeness (QED) is 0.456. The van der Waals surface area contributed by atoms with E-state index < -0.39 is 4.92 Å². The van der Waals surface area contributed by atoms with Crippen molar-refractivity contribution >= 4 is 11.4 Å². The summed E-state index contributed by atoms with van der Waals surface area (Å²) in [7, 11) is 3.65. The summed E-state index contributed by atoms with van der Waals surface area (Å²) in [6.45, 7) is 8.88. The van der Waals surface area contributed by atoms with Crippen molar-refractivity contribution in [3.63, 3.8) is 0 Å². The van der Waals surface area contributed by atoms with Crippen molar-refractivity contribution in [3.05, 3.63) is 57.1 Å². The summed E-state index contributed by atoms with van der Waals surface area (Å²) in [4.78, 5) is 15.4. The summed E-state index contributed by atoms with van der Waals surface area (Å²) in [6, 6.07) is 4.50. The highest BCUT2D eigenvalue weighted by molar-refractivity contribution is 5.73. The van der Waals surface area contributed by atoms with E-state index in [1.54, 1.807) is 24.1 Å². The van der Waals surface area contributed by atoms with Crippen LogP contribution in [0.5, 0.6) is 0 Å². The molecule has 0 aliphatic carbocycles.